The van der Waals surface area contributed by atoms with Crippen molar-refractivity contribution >= 4 is 34.2 Å². The van der Waals surface area contributed by atoms with Crippen molar-refractivity contribution in [3.8, 4) is 0 Å². The molecule has 4 N–H and O–H groups in total. The van der Waals surface area contributed by atoms with E-state index >= 15 is 0 Å². The van der Waals surface area contributed by atoms with Gasteiger partial charge in [0.2, 0.25) is 5.91 Å². The molecule has 1 fully saturated rings. The zero-order valence-corrected chi connectivity index (χ0v) is 17.8. The Morgan fingerprint density at radius 3 is 2.53 bits per heavy atom. The lowest BCUT2D eigenvalue weighted by atomic mass is 9.96. The average Bonchev–Trinajstić information content (AvgIpc) is 2.80. The fraction of sp³-hybridized carbons (Fsp3) is 0.304. The molecule has 9 heteroatoms. The summed E-state index contributed by atoms with van der Waals surface area (Å²) in [5, 5.41) is 2.94. The van der Waals surface area contributed by atoms with E-state index in [1.54, 1.807) is 25.1 Å². The number of hydrogen-bond acceptors (Lipinski definition) is 5. The zero-order valence-electron chi connectivity index (χ0n) is 17.8. The molecule has 3 aromatic rings. The van der Waals surface area contributed by atoms with E-state index in [-0.39, 0.29) is 17.7 Å². The summed E-state index contributed by atoms with van der Waals surface area (Å²) in [5.41, 5.74) is 6.96. The highest BCUT2D eigenvalue weighted by Gasteiger charge is 2.24. The zero-order chi connectivity index (χ0) is 22.8. The van der Waals surface area contributed by atoms with Crippen LogP contribution < -0.4 is 27.1 Å². The van der Waals surface area contributed by atoms with Crippen LogP contribution in [0.4, 0.5) is 11.4 Å². The van der Waals surface area contributed by atoms with Crippen LogP contribution in [0.25, 0.3) is 11.0 Å². The second-order valence-corrected chi connectivity index (χ2v) is 7.87. The molecule has 1 aliphatic heterocycles. The number of benzene rings is 2. The third-order valence-electron chi connectivity index (χ3n) is 5.94. The van der Waals surface area contributed by atoms with Crippen molar-refractivity contribution in [1.29, 1.82) is 0 Å². The third kappa shape index (κ3) is 4.01. The first-order valence-corrected chi connectivity index (χ1v) is 10.6. The maximum Gasteiger partial charge on any atom is 0.316 e. The molecule has 1 aromatic heterocycles. The molecular weight excluding hydrogens is 410 g/mol. The van der Waals surface area contributed by atoms with Gasteiger partial charge in [0.1, 0.15) is 0 Å². The van der Waals surface area contributed by atoms with Crippen molar-refractivity contribution < 1.29 is 9.59 Å². The highest BCUT2D eigenvalue weighted by molar-refractivity contribution is 6.07. The van der Waals surface area contributed by atoms with E-state index in [9.17, 15) is 19.2 Å². The Labute approximate surface area is 183 Å². The van der Waals surface area contributed by atoms with Gasteiger partial charge in [-0.2, -0.15) is 0 Å². The topological polar surface area (TPSA) is 130 Å². The molecular formula is C23H25N5O4. The van der Waals surface area contributed by atoms with Crippen LogP contribution in [0.1, 0.15) is 30.1 Å². The molecule has 0 saturated carbocycles. The Morgan fingerprint density at radius 2 is 1.84 bits per heavy atom. The Hall–Kier alpha value is -3.88. The van der Waals surface area contributed by atoms with E-state index in [4.69, 9.17) is 5.73 Å². The minimum Gasteiger partial charge on any atom is -0.370 e. The van der Waals surface area contributed by atoms with E-state index < -0.39 is 11.1 Å². The van der Waals surface area contributed by atoms with E-state index in [1.165, 1.54) is 4.57 Å². The van der Waals surface area contributed by atoms with Gasteiger partial charge in [-0.15, -0.1) is 0 Å². The number of carbonyl (C=O) groups is 2. The SMILES string of the molecule is CCn1c(=O)c(=O)[nH]c2cc(C(=O)Nc3ccccc3N3CCC(C(N)=O)CC3)ccc21. The summed E-state index contributed by atoms with van der Waals surface area (Å²) in [7, 11) is 0. The molecule has 1 saturated heterocycles. The number of primary amides is 1. The summed E-state index contributed by atoms with van der Waals surface area (Å²) < 4.78 is 1.38. The highest BCUT2D eigenvalue weighted by Crippen LogP contribution is 2.30. The number of nitrogens with two attached hydrogens (primary N) is 1. The lowest BCUT2D eigenvalue weighted by Crippen LogP contribution is -2.38. The number of aromatic nitrogens is 2. The number of para-hydroxylation sites is 2. The Balaban J connectivity index is 1.59. The number of nitrogens with one attached hydrogen (secondary N) is 2. The van der Waals surface area contributed by atoms with Gasteiger partial charge in [-0.1, -0.05) is 12.1 Å². The normalized spacial score (nSPS) is 14.5. The van der Waals surface area contributed by atoms with Crippen LogP contribution in [0.5, 0.6) is 0 Å². The summed E-state index contributed by atoms with van der Waals surface area (Å²) in [6, 6.07) is 12.3. The van der Waals surface area contributed by atoms with E-state index in [2.05, 4.69) is 15.2 Å². The van der Waals surface area contributed by atoms with Gasteiger partial charge in [0.15, 0.2) is 0 Å². The van der Waals surface area contributed by atoms with Gasteiger partial charge < -0.3 is 25.5 Å². The molecule has 32 heavy (non-hydrogen) atoms. The van der Waals surface area contributed by atoms with Gasteiger partial charge >= 0.3 is 11.1 Å². The molecule has 0 atom stereocenters. The van der Waals surface area contributed by atoms with Gasteiger partial charge in [-0.05, 0) is 50.1 Å². The monoisotopic (exact) mass is 435 g/mol. The smallest absolute Gasteiger partial charge is 0.316 e. The quantitative estimate of drug-likeness (QED) is 0.525. The van der Waals surface area contributed by atoms with Crippen LogP contribution in [0.15, 0.2) is 52.1 Å². The summed E-state index contributed by atoms with van der Waals surface area (Å²) in [6.07, 6.45) is 1.35. The Kier molecular flexibility index (Phi) is 5.81. The Bertz CT molecular complexity index is 1300. The van der Waals surface area contributed by atoms with E-state index in [0.29, 0.717) is 54.8 Å². The number of H-pyrrole nitrogens is 1. The minimum atomic E-state index is -0.721. The second-order valence-electron chi connectivity index (χ2n) is 7.87. The van der Waals surface area contributed by atoms with Crippen LogP contribution in [0, 0.1) is 5.92 Å². The number of hydrogen-bond donors (Lipinski definition) is 3. The van der Waals surface area contributed by atoms with E-state index in [1.807, 2.05) is 24.3 Å². The molecule has 0 radical (unpaired) electrons. The molecule has 2 amide bonds. The molecule has 166 valence electrons. The molecule has 1 aliphatic rings. The Morgan fingerprint density at radius 1 is 1.12 bits per heavy atom. The summed E-state index contributed by atoms with van der Waals surface area (Å²) in [6.45, 7) is 3.48. The van der Waals surface area contributed by atoms with Gasteiger partial charge in [0.05, 0.1) is 22.4 Å². The number of aromatic amines is 1. The number of fused-ring (bicyclic) bond motifs is 1. The lowest BCUT2D eigenvalue weighted by Gasteiger charge is -2.33. The molecule has 0 aliphatic carbocycles. The molecule has 4 rings (SSSR count). The first kappa shape index (κ1) is 21.4. The molecule has 0 unspecified atom stereocenters. The first-order chi connectivity index (χ1) is 15.4. The lowest BCUT2D eigenvalue weighted by molar-refractivity contribution is -0.122. The van der Waals surface area contributed by atoms with Crippen LogP contribution in [-0.2, 0) is 11.3 Å². The fourth-order valence-corrected chi connectivity index (χ4v) is 4.19. The molecule has 2 heterocycles. The van der Waals surface area contributed by atoms with Gasteiger partial charge in [-0.25, -0.2) is 0 Å². The number of rotatable bonds is 5. The summed E-state index contributed by atoms with van der Waals surface area (Å²) in [5.74, 6) is -0.719. The van der Waals surface area contributed by atoms with Crippen molar-refractivity contribution in [1.82, 2.24) is 9.55 Å². The standard InChI is InChI=1S/C23H25N5O4/c1-2-28-19-8-7-15(13-17(19)26-22(31)23(28)32)21(30)25-16-5-3-4-6-18(16)27-11-9-14(10-12-27)20(24)29/h3-8,13-14H,2,9-12H2,1H3,(H2,24,29)(H,25,30)(H,26,31). The van der Waals surface area contributed by atoms with Crippen molar-refractivity contribution in [2.45, 2.75) is 26.3 Å². The third-order valence-corrected chi connectivity index (χ3v) is 5.94. The van der Waals surface area contributed by atoms with Crippen LogP contribution in [0.2, 0.25) is 0 Å². The first-order valence-electron chi connectivity index (χ1n) is 10.6. The van der Waals surface area contributed by atoms with Gasteiger partial charge in [0, 0.05) is 31.1 Å². The van der Waals surface area contributed by atoms with Crippen molar-refractivity contribution in [2.75, 3.05) is 23.3 Å². The second kappa shape index (κ2) is 8.70. The van der Waals surface area contributed by atoms with Gasteiger partial charge in [-0.3, -0.25) is 19.2 Å². The largest absolute Gasteiger partial charge is 0.370 e. The van der Waals surface area contributed by atoms with Crippen LogP contribution >= 0.6 is 0 Å². The highest BCUT2D eigenvalue weighted by atomic mass is 16.2. The van der Waals surface area contributed by atoms with Crippen molar-refractivity contribution in [2.24, 2.45) is 11.7 Å². The number of piperidine rings is 1. The van der Waals surface area contributed by atoms with Gasteiger partial charge in [0.25, 0.3) is 5.91 Å². The van der Waals surface area contributed by atoms with Crippen molar-refractivity contribution in [3.63, 3.8) is 0 Å². The summed E-state index contributed by atoms with van der Waals surface area (Å²) in [4.78, 5) is 53.1. The maximum absolute atomic E-state index is 13.0. The number of anilines is 2. The van der Waals surface area contributed by atoms with Crippen LogP contribution in [0.3, 0.4) is 0 Å². The summed E-state index contributed by atoms with van der Waals surface area (Å²) >= 11 is 0. The number of carbonyl (C=O) groups excluding carboxylic acids is 2. The molecule has 0 bridgehead atoms. The number of nitrogens with zero attached hydrogens (tertiary/aromatic N) is 2. The fourth-order valence-electron chi connectivity index (χ4n) is 4.19. The maximum atomic E-state index is 13.0. The molecule has 0 spiro atoms. The van der Waals surface area contributed by atoms with Crippen LogP contribution in [-0.4, -0.2) is 34.5 Å². The minimum absolute atomic E-state index is 0.117. The predicted octanol–water partition coefficient (Wildman–Crippen LogP) is 1.66. The average molecular weight is 435 g/mol. The molecule has 9 nitrogen and oxygen atoms in total. The number of amides is 2. The van der Waals surface area contributed by atoms with E-state index in [0.717, 1.165) is 5.69 Å². The predicted molar refractivity (Wildman–Crippen MR) is 123 cm³/mol. The van der Waals surface area contributed by atoms with Crippen molar-refractivity contribution in [3.05, 3.63) is 68.7 Å². The molecule has 2 aromatic carbocycles. The number of aryl methyl sites for hydroxylation is 1.